The number of rotatable bonds is 6. The lowest BCUT2D eigenvalue weighted by Crippen LogP contribution is -2.34. The number of urea groups is 1. The highest BCUT2D eigenvalue weighted by Gasteiger charge is 2.20. The van der Waals surface area contributed by atoms with Crippen molar-refractivity contribution in [2.75, 3.05) is 24.8 Å². The lowest BCUT2D eigenvalue weighted by Gasteiger charge is -2.28. The summed E-state index contributed by atoms with van der Waals surface area (Å²) in [4.78, 5) is 25.4. The first-order chi connectivity index (χ1) is 12.8. The monoisotopic (exact) mass is 373 g/mol. The van der Waals surface area contributed by atoms with Crippen molar-refractivity contribution in [2.24, 2.45) is 0 Å². The van der Waals surface area contributed by atoms with E-state index < -0.39 is 5.82 Å². The molecule has 0 fully saturated rings. The maximum Gasteiger partial charge on any atom is 0.322 e. The molecule has 0 aliphatic carbocycles. The van der Waals surface area contributed by atoms with Crippen LogP contribution in [0.2, 0.25) is 0 Å². The minimum absolute atomic E-state index is 0.0187. The quantitative estimate of drug-likeness (QED) is 0.788. The highest BCUT2D eigenvalue weighted by molar-refractivity contribution is 5.92. The van der Waals surface area contributed by atoms with Gasteiger partial charge in [0.1, 0.15) is 11.6 Å². The lowest BCUT2D eigenvalue weighted by atomic mass is 10.0. The molecule has 0 aliphatic heterocycles. The summed E-state index contributed by atoms with van der Waals surface area (Å²) in [5.74, 6) is -0.209. The molecule has 27 heavy (non-hydrogen) atoms. The van der Waals surface area contributed by atoms with Gasteiger partial charge in [-0.2, -0.15) is 0 Å². The summed E-state index contributed by atoms with van der Waals surface area (Å²) in [6, 6.07) is 11.1. The van der Waals surface area contributed by atoms with Crippen molar-refractivity contribution in [3.05, 3.63) is 53.8 Å². The topological polar surface area (TPSA) is 70.7 Å². The van der Waals surface area contributed by atoms with Gasteiger partial charge in [0, 0.05) is 19.7 Å². The van der Waals surface area contributed by atoms with Crippen LogP contribution in [0.1, 0.15) is 31.9 Å². The number of benzene rings is 2. The number of ether oxygens (including phenoxy) is 1. The number of hydrogen-bond donors (Lipinski definition) is 2. The SMILES string of the molecule is CC[C@@H](c1ccc(OC)cc1)N(C)C(=O)Nc1ccc(F)c(NC(C)=O)c1. The standard InChI is InChI=1S/C20H24FN3O3/c1-5-19(14-6-9-16(27-4)10-7-14)24(3)20(26)23-15-8-11-17(21)18(12-15)22-13(2)25/h6-12,19H,5H2,1-4H3,(H,22,25)(H,23,26)/t19-/m0/s1. The molecule has 0 heterocycles. The molecule has 0 radical (unpaired) electrons. The van der Waals surface area contributed by atoms with E-state index in [2.05, 4.69) is 10.6 Å². The lowest BCUT2D eigenvalue weighted by molar-refractivity contribution is -0.114. The predicted octanol–water partition coefficient (Wildman–Crippen LogP) is 4.41. The largest absolute Gasteiger partial charge is 0.497 e. The Kier molecular flexibility index (Phi) is 6.76. The molecule has 0 unspecified atom stereocenters. The van der Waals surface area contributed by atoms with Crippen LogP contribution in [0.25, 0.3) is 0 Å². The van der Waals surface area contributed by atoms with Gasteiger partial charge < -0.3 is 20.3 Å². The molecule has 0 bridgehead atoms. The van der Waals surface area contributed by atoms with Crippen molar-refractivity contribution >= 4 is 23.3 Å². The number of amides is 3. The van der Waals surface area contributed by atoms with E-state index in [0.29, 0.717) is 5.69 Å². The van der Waals surface area contributed by atoms with Gasteiger partial charge in [0.25, 0.3) is 0 Å². The zero-order chi connectivity index (χ0) is 20.0. The van der Waals surface area contributed by atoms with Gasteiger partial charge in [-0.05, 0) is 42.3 Å². The predicted molar refractivity (Wildman–Crippen MR) is 104 cm³/mol. The van der Waals surface area contributed by atoms with Crippen molar-refractivity contribution < 1.29 is 18.7 Å². The molecule has 0 saturated heterocycles. The third-order valence-corrected chi connectivity index (χ3v) is 4.20. The van der Waals surface area contributed by atoms with Crippen LogP contribution in [0.4, 0.5) is 20.6 Å². The van der Waals surface area contributed by atoms with Crippen LogP contribution >= 0.6 is 0 Å². The van der Waals surface area contributed by atoms with Gasteiger partial charge in [0.15, 0.2) is 0 Å². The van der Waals surface area contributed by atoms with Gasteiger partial charge >= 0.3 is 6.03 Å². The Morgan fingerprint density at radius 1 is 1.15 bits per heavy atom. The fourth-order valence-electron chi connectivity index (χ4n) is 2.80. The van der Waals surface area contributed by atoms with Gasteiger partial charge in [-0.15, -0.1) is 0 Å². The molecule has 2 aromatic rings. The van der Waals surface area contributed by atoms with Gasteiger partial charge in [-0.3, -0.25) is 4.79 Å². The smallest absolute Gasteiger partial charge is 0.322 e. The van der Waals surface area contributed by atoms with Gasteiger partial charge in [0.05, 0.1) is 18.8 Å². The second kappa shape index (κ2) is 9.02. The minimum Gasteiger partial charge on any atom is -0.497 e. The van der Waals surface area contributed by atoms with E-state index in [-0.39, 0.29) is 23.7 Å². The highest BCUT2D eigenvalue weighted by atomic mass is 19.1. The molecular weight excluding hydrogens is 349 g/mol. The van der Waals surface area contributed by atoms with Crippen LogP contribution in [0.15, 0.2) is 42.5 Å². The molecule has 0 aromatic heterocycles. The molecule has 0 spiro atoms. The Balaban J connectivity index is 2.14. The number of carbonyl (C=O) groups is 2. The number of nitrogens with zero attached hydrogens (tertiary/aromatic N) is 1. The first-order valence-electron chi connectivity index (χ1n) is 8.60. The normalized spacial score (nSPS) is 11.4. The van der Waals surface area contributed by atoms with Crippen LogP contribution in [-0.4, -0.2) is 31.0 Å². The molecule has 1 atom stereocenters. The van der Waals surface area contributed by atoms with E-state index in [1.54, 1.807) is 19.1 Å². The Labute approximate surface area is 158 Å². The summed E-state index contributed by atoms with van der Waals surface area (Å²) in [5, 5.41) is 5.13. The van der Waals surface area contributed by atoms with E-state index in [4.69, 9.17) is 4.74 Å². The second-order valence-corrected chi connectivity index (χ2v) is 6.11. The molecule has 7 heteroatoms. The van der Waals surface area contributed by atoms with E-state index in [0.717, 1.165) is 17.7 Å². The number of methoxy groups -OCH3 is 1. The molecule has 144 valence electrons. The number of hydrogen-bond acceptors (Lipinski definition) is 3. The van der Waals surface area contributed by atoms with Gasteiger partial charge in [0.2, 0.25) is 5.91 Å². The Morgan fingerprint density at radius 2 is 1.81 bits per heavy atom. The number of nitrogens with one attached hydrogen (secondary N) is 2. The number of carbonyl (C=O) groups excluding carboxylic acids is 2. The van der Waals surface area contributed by atoms with Crippen LogP contribution in [0.3, 0.4) is 0 Å². The maximum atomic E-state index is 13.7. The van der Waals surface area contributed by atoms with Crippen LogP contribution in [-0.2, 0) is 4.79 Å². The summed E-state index contributed by atoms with van der Waals surface area (Å²) < 4.78 is 18.9. The number of halogens is 1. The van der Waals surface area contributed by atoms with E-state index >= 15 is 0 Å². The van der Waals surface area contributed by atoms with Gasteiger partial charge in [-0.1, -0.05) is 19.1 Å². The van der Waals surface area contributed by atoms with Gasteiger partial charge in [-0.25, -0.2) is 9.18 Å². The molecule has 6 nitrogen and oxygen atoms in total. The van der Waals surface area contributed by atoms with Crippen LogP contribution < -0.4 is 15.4 Å². The summed E-state index contributed by atoms with van der Waals surface area (Å²) in [7, 11) is 3.30. The average Bonchev–Trinajstić information content (AvgIpc) is 2.65. The van der Waals surface area contributed by atoms with Crippen molar-refractivity contribution in [2.45, 2.75) is 26.3 Å². The Morgan fingerprint density at radius 3 is 2.37 bits per heavy atom. The third-order valence-electron chi connectivity index (χ3n) is 4.20. The molecule has 2 aromatic carbocycles. The van der Waals surface area contributed by atoms with Crippen molar-refractivity contribution in [1.82, 2.24) is 4.90 Å². The molecule has 3 amide bonds. The Bertz CT molecular complexity index is 809. The fourth-order valence-corrected chi connectivity index (χ4v) is 2.80. The van der Waals surface area contributed by atoms with E-state index in [9.17, 15) is 14.0 Å². The highest BCUT2D eigenvalue weighted by Crippen LogP contribution is 2.26. The summed E-state index contributed by atoms with van der Waals surface area (Å²) >= 11 is 0. The van der Waals surface area contributed by atoms with Crippen molar-refractivity contribution in [3.63, 3.8) is 0 Å². The minimum atomic E-state index is -0.568. The molecule has 0 aliphatic rings. The summed E-state index contributed by atoms with van der Waals surface area (Å²) in [5.41, 5.74) is 1.39. The summed E-state index contributed by atoms with van der Waals surface area (Å²) in [6.45, 7) is 3.28. The fraction of sp³-hybridized carbons (Fsp3) is 0.300. The molecule has 2 N–H and O–H groups in total. The number of anilines is 2. The zero-order valence-electron chi connectivity index (χ0n) is 15.9. The molecular formula is C20H24FN3O3. The van der Waals surface area contributed by atoms with E-state index in [1.165, 1.54) is 25.1 Å². The Hall–Kier alpha value is -3.09. The van der Waals surface area contributed by atoms with Crippen LogP contribution in [0, 0.1) is 5.82 Å². The van der Waals surface area contributed by atoms with Crippen molar-refractivity contribution in [3.8, 4) is 5.75 Å². The van der Waals surface area contributed by atoms with E-state index in [1.807, 2.05) is 31.2 Å². The summed E-state index contributed by atoms with van der Waals surface area (Å²) in [6.07, 6.45) is 0.719. The van der Waals surface area contributed by atoms with Crippen LogP contribution in [0.5, 0.6) is 5.75 Å². The molecule has 2 rings (SSSR count). The third kappa shape index (κ3) is 5.20. The first kappa shape index (κ1) is 20.2. The second-order valence-electron chi connectivity index (χ2n) is 6.11. The molecule has 0 saturated carbocycles. The van der Waals surface area contributed by atoms with Crippen molar-refractivity contribution in [1.29, 1.82) is 0 Å². The zero-order valence-corrected chi connectivity index (χ0v) is 15.9. The first-order valence-corrected chi connectivity index (χ1v) is 8.60. The average molecular weight is 373 g/mol. The maximum absolute atomic E-state index is 13.7.